The summed E-state index contributed by atoms with van der Waals surface area (Å²) in [4.78, 5) is 14.5. The van der Waals surface area contributed by atoms with Gasteiger partial charge in [0.25, 0.3) is 0 Å². The van der Waals surface area contributed by atoms with Crippen LogP contribution in [0.4, 0.5) is 0 Å². The van der Waals surface area contributed by atoms with E-state index in [1.165, 1.54) is 38.5 Å². The van der Waals surface area contributed by atoms with Gasteiger partial charge in [0.05, 0.1) is 0 Å². The molecule has 1 amide bonds. The molecule has 0 bridgehead atoms. The topological polar surface area (TPSA) is 46.3 Å². The van der Waals surface area contributed by atoms with Crippen molar-refractivity contribution in [1.82, 2.24) is 4.90 Å². The third kappa shape index (κ3) is 2.42. The molecule has 2 N–H and O–H groups in total. The van der Waals surface area contributed by atoms with E-state index in [4.69, 9.17) is 5.73 Å². The predicted octanol–water partition coefficient (Wildman–Crippen LogP) is 2.01. The molecule has 3 atom stereocenters. The van der Waals surface area contributed by atoms with Gasteiger partial charge in [0.2, 0.25) is 5.91 Å². The smallest absolute Gasteiger partial charge is 0.225 e. The quantitative estimate of drug-likeness (QED) is 0.833. The minimum Gasteiger partial charge on any atom is -0.342 e. The van der Waals surface area contributed by atoms with Crippen LogP contribution in [0.3, 0.4) is 0 Å². The van der Waals surface area contributed by atoms with Crippen molar-refractivity contribution in [1.29, 1.82) is 0 Å². The summed E-state index contributed by atoms with van der Waals surface area (Å²) in [5.74, 6) is 2.97. The molecule has 2 saturated carbocycles. The van der Waals surface area contributed by atoms with Gasteiger partial charge in [-0.2, -0.15) is 0 Å². The fourth-order valence-corrected chi connectivity index (χ4v) is 4.04. The molecular formula is C15H26N2O. The van der Waals surface area contributed by atoms with Gasteiger partial charge in [0.15, 0.2) is 0 Å². The molecule has 0 aromatic heterocycles. The molecule has 0 aromatic carbocycles. The van der Waals surface area contributed by atoms with Crippen molar-refractivity contribution in [2.75, 3.05) is 19.6 Å². The highest BCUT2D eigenvalue weighted by molar-refractivity contribution is 5.82. The third-order valence-electron chi connectivity index (χ3n) is 5.34. The van der Waals surface area contributed by atoms with E-state index >= 15 is 0 Å². The normalized spacial score (nSPS) is 36.9. The Bertz CT molecular complexity index is 312. The first-order valence-corrected chi connectivity index (χ1v) is 7.78. The molecule has 102 valence electrons. The van der Waals surface area contributed by atoms with E-state index in [0.29, 0.717) is 17.7 Å². The van der Waals surface area contributed by atoms with E-state index in [-0.39, 0.29) is 0 Å². The Kier molecular flexibility index (Phi) is 3.60. The lowest BCUT2D eigenvalue weighted by atomic mass is 9.85. The fourth-order valence-electron chi connectivity index (χ4n) is 4.04. The maximum Gasteiger partial charge on any atom is 0.225 e. The first-order chi connectivity index (χ1) is 8.79. The highest BCUT2D eigenvalue weighted by Crippen LogP contribution is 2.50. The number of nitrogens with two attached hydrogens (primary N) is 1. The van der Waals surface area contributed by atoms with Crippen LogP contribution in [0.5, 0.6) is 0 Å². The van der Waals surface area contributed by atoms with Crippen molar-refractivity contribution in [3.05, 3.63) is 0 Å². The lowest BCUT2D eigenvalue weighted by Gasteiger charge is -2.22. The molecule has 1 aliphatic heterocycles. The molecule has 0 unspecified atom stereocenters. The van der Waals surface area contributed by atoms with Crippen LogP contribution in [0.15, 0.2) is 0 Å². The third-order valence-corrected chi connectivity index (χ3v) is 5.34. The number of carbonyl (C=O) groups excluding carboxylic acids is 1. The minimum absolute atomic E-state index is 0.379. The fraction of sp³-hybridized carbons (Fsp3) is 0.933. The van der Waals surface area contributed by atoms with Crippen LogP contribution in [0, 0.1) is 23.7 Å². The molecule has 0 spiro atoms. The van der Waals surface area contributed by atoms with Gasteiger partial charge in [0, 0.05) is 19.0 Å². The van der Waals surface area contributed by atoms with E-state index in [1.54, 1.807) is 0 Å². The molecule has 3 heteroatoms. The molecule has 3 rings (SSSR count). The van der Waals surface area contributed by atoms with Gasteiger partial charge in [-0.1, -0.05) is 32.1 Å². The summed E-state index contributed by atoms with van der Waals surface area (Å²) in [6.07, 6.45) is 9.23. The second-order valence-electron chi connectivity index (χ2n) is 6.58. The van der Waals surface area contributed by atoms with Gasteiger partial charge in [-0.25, -0.2) is 0 Å². The average molecular weight is 250 g/mol. The van der Waals surface area contributed by atoms with Crippen LogP contribution < -0.4 is 5.73 Å². The van der Waals surface area contributed by atoms with E-state index in [9.17, 15) is 4.79 Å². The van der Waals surface area contributed by atoms with Crippen molar-refractivity contribution in [3.8, 4) is 0 Å². The summed E-state index contributed by atoms with van der Waals surface area (Å²) in [6.45, 7) is 2.61. The zero-order valence-electron chi connectivity index (χ0n) is 11.3. The van der Waals surface area contributed by atoms with E-state index in [2.05, 4.69) is 4.90 Å². The molecule has 2 aliphatic carbocycles. The van der Waals surface area contributed by atoms with Crippen molar-refractivity contribution >= 4 is 5.91 Å². The summed E-state index contributed by atoms with van der Waals surface area (Å²) in [5, 5.41) is 0. The monoisotopic (exact) mass is 250 g/mol. The Hall–Kier alpha value is -0.570. The molecule has 0 radical (unpaired) electrons. The molecular weight excluding hydrogens is 224 g/mol. The van der Waals surface area contributed by atoms with Crippen molar-refractivity contribution < 1.29 is 4.79 Å². The van der Waals surface area contributed by atoms with Crippen LogP contribution in [0.2, 0.25) is 0 Å². The Balaban J connectivity index is 1.50. The SMILES string of the molecule is NC[C@@H]1CCN(C(=O)[C@H]2C[C@@H]2C2CCCCC2)C1. The van der Waals surface area contributed by atoms with Gasteiger partial charge in [-0.3, -0.25) is 4.79 Å². The lowest BCUT2D eigenvalue weighted by molar-refractivity contribution is -0.132. The van der Waals surface area contributed by atoms with Crippen LogP contribution in [0.1, 0.15) is 44.9 Å². The zero-order valence-corrected chi connectivity index (χ0v) is 11.3. The molecule has 3 nitrogen and oxygen atoms in total. The number of hydrogen-bond donors (Lipinski definition) is 1. The van der Waals surface area contributed by atoms with Crippen molar-refractivity contribution in [2.45, 2.75) is 44.9 Å². The summed E-state index contributed by atoms with van der Waals surface area (Å²) < 4.78 is 0. The summed E-state index contributed by atoms with van der Waals surface area (Å²) in [5.41, 5.74) is 5.69. The Labute approximate surface area is 110 Å². The maximum absolute atomic E-state index is 12.4. The van der Waals surface area contributed by atoms with Gasteiger partial charge >= 0.3 is 0 Å². The van der Waals surface area contributed by atoms with Crippen LogP contribution in [0.25, 0.3) is 0 Å². The summed E-state index contributed by atoms with van der Waals surface area (Å²) in [7, 11) is 0. The average Bonchev–Trinajstić information content (AvgIpc) is 3.08. The Morgan fingerprint density at radius 2 is 1.94 bits per heavy atom. The second-order valence-corrected chi connectivity index (χ2v) is 6.58. The number of carbonyl (C=O) groups is 1. The summed E-state index contributed by atoms with van der Waals surface area (Å²) >= 11 is 0. The molecule has 18 heavy (non-hydrogen) atoms. The lowest BCUT2D eigenvalue weighted by Crippen LogP contribution is -2.32. The number of nitrogens with zero attached hydrogens (tertiary/aromatic N) is 1. The van der Waals surface area contributed by atoms with Gasteiger partial charge in [-0.05, 0) is 37.1 Å². The number of likely N-dealkylation sites (tertiary alicyclic amines) is 1. The second kappa shape index (κ2) is 5.20. The highest BCUT2D eigenvalue weighted by atomic mass is 16.2. The number of amides is 1. The first-order valence-electron chi connectivity index (χ1n) is 7.78. The Morgan fingerprint density at radius 3 is 2.61 bits per heavy atom. The van der Waals surface area contributed by atoms with Crippen LogP contribution in [-0.4, -0.2) is 30.4 Å². The minimum atomic E-state index is 0.379. The molecule has 3 fully saturated rings. The van der Waals surface area contributed by atoms with Gasteiger partial charge < -0.3 is 10.6 Å². The molecule has 1 saturated heterocycles. The molecule has 3 aliphatic rings. The van der Waals surface area contributed by atoms with Crippen molar-refractivity contribution in [2.24, 2.45) is 29.4 Å². The van der Waals surface area contributed by atoms with Crippen LogP contribution >= 0.6 is 0 Å². The van der Waals surface area contributed by atoms with Gasteiger partial charge in [0.1, 0.15) is 0 Å². The Morgan fingerprint density at radius 1 is 1.17 bits per heavy atom. The molecule has 0 aromatic rings. The molecule has 1 heterocycles. The predicted molar refractivity (Wildman–Crippen MR) is 71.9 cm³/mol. The standard InChI is InChI=1S/C15H26N2O/c16-9-11-6-7-17(10-11)15(18)14-8-13(14)12-4-2-1-3-5-12/h11-14H,1-10,16H2/t11-,13+,14-/m0/s1. The number of rotatable bonds is 3. The first kappa shape index (κ1) is 12.5. The number of hydrogen-bond acceptors (Lipinski definition) is 2. The van der Waals surface area contributed by atoms with Crippen molar-refractivity contribution in [3.63, 3.8) is 0 Å². The van der Waals surface area contributed by atoms with Gasteiger partial charge in [-0.15, -0.1) is 0 Å². The zero-order chi connectivity index (χ0) is 12.5. The highest BCUT2D eigenvalue weighted by Gasteiger charge is 2.49. The van der Waals surface area contributed by atoms with E-state index in [0.717, 1.165) is 37.9 Å². The van der Waals surface area contributed by atoms with E-state index in [1.807, 2.05) is 0 Å². The van der Waals surface area contributed by atoms with Crippen LogP contribution in [-0.2, 0) is 4.79 Å². The van der Waals surface area contributed by atoms with E-state index < -0.39 is 0 Å². The summed E-state index contributed by atoms with van der Waals surface area (Å²) in [6, 6.07) is 0. The largest absolute Gasteiger partial charge is 0.342 e. The maximum atomic E-state index is 12.4.